The van der Waals surface area contributed by atoms with Crippen molar-refractivity contribution < 1.29 is 0 Å². The number of hydrogen-bond donors (Lipinski definition) is 1. The van der Waals surface area contributed by atoms with E-state index >= 15 is 0 Å². The van der Waals surface area contributed by atoms with Gasteiger partial charge in [0.25, 0.3) is 0 Å². The maximum absolute atomic E-state index is 4.44. The quantitative estimate of drug-likeness (QED) is 0.303. The van der Waals surface area contributed by atoms with Crippen molar-refractivity contribution in [3.8, 4) is 0 Å². The Morgan fingerprint density at radius 2 is 1.77 bits per heavy atom. The van der Waals surface area contributed by atoms with Crippen LogP contribution in [-0.2, 0) is 0 Å². The summed E-state index contributed by atoms with van der Waals surface area (Å²) in [4.78, 5) is 6.49. The zero-order chi connectivity index (χ0) is 10.1. The van der Waals surface area contributed by atoms with Crippen molar-refractivity contribution in [1.82, 2.24) is 4.90 Å². The van der Waals surface area contributed by atoms with Gasteiger partial charge in [-0.2, -0.15) is 12.6 Å². The van der Waals surface area contributed by atoms with Crippen LogP contribution in [0.1, 0.15) is 32.6 Å². The van der Waals surface area contributed by atoms with Crippen LogP contribution in [0.15, 0.2) is 4.99 Å². The molecule has 2 nitrogen and oxygen atoms in total. The summed E-state index contributed by atoms with van der Waals surface area (Å²) in [6, 6.07) is 0. The number of hydrogen-bond acceptors (Lipinski definition) is 2. The number of unbranched alkanes of at least 4 members (excludes halogenated alkanes) is 3. The third-order valence-corrected chi connectivity index (χ3v) is 2.37. The van der Waals surface area contributed by atoms with Crippen LogP contribution >= 0.6 is 12.6 Å². The zero-order valence-electron chi connectivity index (χ0n) is 9.08. The summed E-state index contributed by atoms with van der Waals surface area (Å²) in [5.41, 5.74) is 0. The van der Waals surface area contributed by atoms with Crippen molar-refractivity contribution >= 4 is 18.5 Å². The third-order valence-electron chi connectivity index (χ3n) is 2.05. The maximum atomic E-state index is 4.44. The van der Waals surface area contributed by atoms with Crippen molar-refractivity contribution in [2.45, 2.75) is 32.6 Å². The number of nitrogens with zero attached hydrogens (tertiary/aromatic N) is 2. The lowest BCUT2D eigenvalue weighted by Gasteiger charge is -2.10. The van der Waals surface area contributed by atoms with Gasteiger partial charge in [-0.15, -0.1) is 0 Å². The van der Waals surface area contributed by atoms with Gasteiger partial charge < -0.3 is 4.90 Å². The molecule has 0 radical (unpaired) electrons. The minimum atomic E-state index is 0.969. The van der Waals surface area contributed by atoms with E-state index < -0.39 is 0 Å². The fraction of sp³-hybridized carbons (Fsp3) is 0.900. The van der Waals surface area contributed by atoms with Crippen molar-refractivity contribution in [3.63, 3.8) is 0 Å². The fourth-order valence-electron chi connectivity index (χ4n) is 0.959. The van der Waals surface area contributed by atoms with Crippen LogP contribution < -0.4 is 0 Å². The molecule has 13 heavy (non-hydrogen) atoms. The molecular formula is C10H22N2S. The molecule has 0 aromatic carbocycles. The van der Waals surface area contributed by atoms with E-state index in [2.05, 4.69) is 17.6 Å². The molecule has 0 rings (SSSR count). The Balaban J connectivity index is 3.29. The van der Waals surface area contributed by atoms with Gasteiger partial charge in [-0.25, -0.2) is 0 Å². The van der Waals surface area contributed by atoms with Gasteiger partial charge in [0.2, 0.25) is 0 Å². The number of amidine groups is 1. The lowest BCUT2D eigenvalue weighted by molar-refractivity contribution is 0.607. The molecule has 0 N–H and O–H groups in total. The van der Waals surface area contributed by atoms with Crippen LogP contribution in [0.3, 0.4) is 0 Å². The van der Waals surface area contributed by atoms with E-state index in [0.29, 0.717) is 0 Å². The van der Waals surface area contributed by atoms with Crippen molar-refractivity contribution in [2.24, 2.45) is 4.99 Å². The Labute approximate surface area is 87.8 Å². The first kappa shape index (κ1) is 12.8. The number of rotatable bonds is 6. The lowest BCUT2D eigenvalue weighted by Crippen LogP contribution is -2.18. The monoisotopic (exact) mass is 202 g/mol. The van der Waals surface area contributed by atoms with E-state index in [1.54, 1.807) is 0 Å². The molecule has 78 valence electrons. The summed E-state index contributed by atoms with van der Waals surface area (Å²) in [5.74, 6) is 2.13. The molecule has 0 atom stereocenters. The van der Waals surface area contributed by atoms with E-state index in [1.165, 1.54) is 25.7 Å². The molecule has 0 unspecified atom stereocenters. The predicted molar refractivity (Wildman–Crippen MR) is 64.0 cm³/mol. The average molecular weight is 202 g/mol. The minimum absolute atomic E-state index is 0.969. The van der Waals surface area contributed by atoms with Gasteiger partial charge >= 0.3 is 0 Å². The van der Waals surface area contributed by atoms with E-state index in [-0.39, 0.29) is 0 Å². The van der Waals surface area contributed by atoms with E-state index in [9.17, 15) is 0 Å². The normalized spacial score (nSPS) is 11.8. The van der Waals surface area contributed by atoms with Crippen molar-refractivity contribution in [3.05, 3.63) is 0 Å². The summed E-state index contributed by atoms with van der Waals surface area (Å²) in [6.45, 7) is 3.02. The molecule has 0 bridgehead atoms. The zero-order valence-corrected chi connectivity index (χ0v) is 9.98. The maximum Gasteiger partial charge on any atom is 0.0952 e. The first-order chi connectivity index (χ1) is 6.18. The number of thiol groups is 1. The SMILES string of the molecule is CC(=NCCCCCCS)N(C)C. The van der Waals surface area contributed by atoms with Gasteiger partial charge in [0.05, 0.1) is 5.84 Å². The Morgan fingerprint density at radius 3 is 2.31 bits per heavy atom. The Bertz CT molecular complexity index is 144. The second kappa shape index (κ2) is 8.42. The molecule has 0 aromatic rings. The van der Waals surface area contributed by atoms with Gasteiger partial charge in [0.1, 0.15) is 0 Å². The van der Waals surface area contributed by atoms with Gasteiger partial charge in [-0.3, -0.25) is 4.99 Å². The van der Waals surface area contributed by atoms with Gasteiger partial charge in [0.15, 0.2) is 0 Å². The number of aliphatic imine (C=N–C) groups is 1. The van der Waals surface area contributed by atoms with Crippen molar-refractivity contribution in [2.75, 3.05) is 26.4 Å². The van der Waals surface area contributed by atoms with Crippen LogP contribution in [-0.4, -0.2) is 37.1 Å². The Kier molecular flexibility index (Phi) is 8.30. The molecule has 0 aromatic heterocycles. The van der Waals surface area contributed by atoms with E-state index in [0.717, 1.165) is 18.1 Å². The molecule has 0 fully saturated rings. The standard InChI is InChI=1S/C10H22N2S/c1-10(12(2)3)11-8-6-4-5-7-9-13/h13H,4-9H2,1-3H3. The summed E-state index contributed by atoms with van der Waals surface area (Å²) < 4.78 is 0. The second-order valence-electron chi connectivity index (χ2n) is 3.46. The van der Waals surface area contributed by atoms with Gasteiger partial charge in [-0.1, -0.05) is 12.8 Å². The highest BCUT2D eigenvalue weighted by molar-refractivity contribution is 7.80. The molecule has 3 heteroatoms. The predicted octanol–water partition coefficient (Wildman–Crippen LogP) is 2.46. The lowest BCUT2D eigenvalue weighted by atomic mass is 10.2. The summed E-state index contributed by atoms with van der Waals surface area (Å²) in [7, 11) is 4.06. The molecule has 0 saturated heterocycles. The first-order valence-corrected chi connectivity index (χ1v) is 5.61. The van der Waals surface area contributed by atoms with Crippen LogP contribution in [0, 0.1) is 0 Å². The highest BCUT2D eigenvalue weighted by Crippen LogP contribution is 2.01. The topological polar surface area (TPSA) is 15.6 Å². The molecule has 0 heterocycles. The molecule has 0 aliphatic rings. The van der Waals surface area contributed by atoms with E-state index in [4.69, 9.17) is 0 Å². The van der Waals surface area contributed by atoms with Crippen molar-refractivity contribution in [1.29, 1.82) is 0 Å². The molecule has 0 aliphatic heterocycles. The smallest absolute Gasteiger partial charge is 0.0952 e. The summed E-state index contributed by atoms with van der Waals surface area (Å²) in [5, 5.41) is 0. The largest absolute Gasteiger partial charge is 0.367 e. The highest BCUT2D eigenvalue weighted by atomic mass is 32.1. The van der Waals surface area contributed by atoms with Gasteiger partial charge in [-0.05, 0) is 25.5 Å². The summed E-state index contributed by atoms with van der Waals surface area (Å²) in [6.07, 6.45) is 5.02. The first-order valence-electron chi connectivity index (χ1n) is 4.97. The molecule has 0 aliphatic carbocycles. The van der Waals surface area contributed by atoms with Crippen LogP contribution in [0.4, 0.5) is 0 Å². The molecule has 0 amide bonds. The minimum Gasteiger partial charge on any atom is -0.367 e. The third kappa shape index (κ3) is 8.16. The van der Waals surface area contributed by atoms with Gasteiger partial charge in [0, 0.05) is 20.6 Å². The fourth-order valence-corrected chi connectivity index (χ4v) is 1.18. The second-order valence-corrected chi connectivity index (χ2v) is 3.91. The highest BCUT2D eigenvalue weighted by Gasteiger charge is 1.92. The Morgan fingerprint density at radius 1 is 1.15 bits per heavy atom. The molecule has 0 spiro atoms. The van der Waals surface area contributed by atoms with Crippen LogP contribution in [0.5, 0.6) is 0 Å². The van der Waals surface area contributed by atoms with E-state index in [1.807, 2.05) is 25.9 Å². The molecular weight excluding hydrogens is 180 g/mol. The average Bonchev–Trinajstić information content (AvgIpc) is 2.10. The van der Waals surface area contributed by atoms with Crippen LogP contribution in [0.2, 0.25) is 0 Å². The summed E-state index contributed by atoms with van der Waals surface area (Å²) >= 11 is 4.17. The Hall–Kier alpha value is -0.180. The van der Waals surface area contributed by atoms with Crippen LogP contribution in [0.25, 0.3) is 0 Å². The molecule has 0 saturated carbocycles.